The van der Waals surface area contributed by atoms with Crippen molar-refractivity contribution < 1.29 is 13.8 Å². The molecule has 1 unspecified atom stereocenters. The van der Waals surface area contributed by atoms with Gasteiger partial charge in [-0.25, -0.2) is 4.84 Å². The second-order valence-electron chi connectivity index (χ2n) is 1.56. The van der Waals surface area contributed by atoms with E-state index in [2.05, 4.69) is 4.84 Å². The van der Waals surface area contributed by atoms with E-state index in [9.17, 15) is 8.96 Å². The van der Waals surface area contributed by atoms with Crippen LogP contribution in [-0.2, 0) is 4.84 Å². The molecule has 0 aromatic carbocycles. The summed E-state index contributed by atoms with van der Waals surface area (Å²) >= 11 is 0. The second-order valence-corrected chi connectivity index (χ2v) is 1.56. The Balaban J connectivity index is 2.39. The molecule has 1 fully saturated rings. The molecule has 1 aliphatic rings. The smallest absolute Gasteiger partial charge is 0.161 e. The van der Waals surface area contributed by atoms with Gasteiger partial charge >= 0.3 is 0 Å². The van der Waals surface area contributed by atoms with Crippen LogP contribution in [0.2, 0.25) is 0 Å². The summed E-state index contributed by atoms with van der Waals surface area (Å²) in [7, 11) is 0. The Kier molecular flexibility index (Phi) is 1.41. The number of hydrogen-bond acceptors (Lipinski definition) is 3. The van der Waals surface area contributed by atoms with Crippen LogP contribution in [0.3, 0.4) is 0 Å². The van der Waals surface area contributed by atoms with Gasteiger partial charge in [0.25, 0.3) is 0 Å². The Bertz CT molecular complexity index is 81.4. The van der Waals surface area contributed by atoms with Gasteiger partial charge in [-0.1, -0.05) is 5.12 Å². The van der Waals surface area contributed by atoms with Crippen molar-refractivity contribution in [3.8, 4) is 0 Å². The van der Waals surface area contributed by atoms with Crippen molar-refractivity contribution in [2.24, 2.45) is 0 Å². The van der Waals surface area contributed by atoms with Gasteiger partial charge in [-0.15, -0.1) is 8.96 Å². The molecule has 1 saturated heterocycles. The van der Waals surface area contributed by atoms with Gasteiger partial charge in [-0.05, 0) is 12.2 Å². The third-order valence-corrected chi connectivity index (χ3v) is 0.908. The Morgan fingerprint density at radius 3 is 2.38 bits per heavy atom. The highest BCUT2D eigenvalue weighted by Gasteiger charge is 2.28. The summed E-state index contributed by atoms with van der Waals surface area (Å²) in [5.74, 6) is 0. The van der Waals surface area contributed by atoms with Crippen molar-refractivity contribution in [3.63, 3.8) is 0 Å². The summed E-state index contributed by atoms with van der Waals surface area (Å²) in [5, 5.41) is 0.199. The molecule has 8 heavy (non-hydrogen) atoms. The maximum Gasteiger partial charge on any atom is 0.161 e. The molecule has 0 amide bonds. The van der Waals surface area contributed by atoms with E-state index in [1.165, 1.54) is 6.92 Å². The van der Waals surface area contributed by atoms with Gasteiger partial charge in [0.1, 0.15) is 6.67 Å². The molecular formula is C3H6F2N2O. The SMILES string of the molecule is CC1ON(F)CN1F. The average molecular weight is 124 g/mol. The predicted molar refractivity (Wildman–Crippen MR) is 21.3 cm³/mol. The van der Waals surface area contributed by atoms with Crippen molar-refractivity contribution >= 4 is 0 Å². The van der Waals surface area contributed by atoms with Gasteiger partial charge in [-0.2, -0.15) is 0 Å². The molecule has 0 aromatic heterocycles. The lowest BCUT2D eigenvalue weighted by atomic mass is 10.7. The second kappa shape index (κ2) is 1.93. The topological polar surface area (TPSA) is 15.7 Å². The van der Waals surface area contributed by atoms with Crippen LogP contribution >= 0.6 is 0 Å². The zero-order valence-electron chi connectivity index (χ0n) is 4.34. The Hall–Kier alpha value is -0.260. The average Bonchev–Trinajstić information content (AvgIpc) is 1.85. The molecule has 1 atom stereocenters. The highest BCUT2D eigenvalue weighted by Crippen LogP contribution is 2.13. The molecule has 1 aliphatic heterocycles. The molecule has 0 saturated carbocycles. The van der Waals surface area contributed by atoms with E-state index in [0.717, 1.165) is 0 Å². The van der Waals surface area contributed by atoms with Crippen molar-refractivity contribution in [3.05, 3.63) is 0 Å². The zero-order chi connectivity index (χ0) is 6.15. The van der Waals surface area contributed by atoms with Gasteiger partial charge in [-0.3, -0.25) is 0 Å². The van der Waals surface area contributed by atoms with E-state index in [0.29, 0.717) is 0 Å². The van der Waals surface area contributed by atoms with Crippen LogP contribution in [0.25, 0.3) is 0 Å². The minimum atomic E-state index is -0.792. The zero-order valence-corrected chi connectivity index (χ0v) is 4.34. The van der Waals surface area contributed by atoms with Crippen molar-refractivity contribution in [2.75, 3.05) is 6.67 Å². The molecule has 0 aliphatic carbocycles. The highest BCUT2D eigenvalue weighted by molar-refractivity contribution is 4.46. The van der Waals surface area contributed by atoms with E-state index in [1.807, 2.05) is 0 Å². The van der Waals surface area contributed by atoms with Gasteiger partial charge in [0.15, 0.2) is 6.23 Å². The monoisotopic (exact) mass is 124 g/mol. The molecule has 0 N–H and O–H groups in total. The molecule has 3 nitrogen and oxygen atoms in total. The summed E-state index contributed by atoms with van der Waals surface area (Å²) in [4.78, 5) is 4.19. The molecular weight excluding hydrogens is 118 g/mol. The maximum absolute atomic E-state index is 12.0. The molecule has 0 aromatic rings. The minimum absolute atomic E-state index is 0.0509. The number of hydrogen-bond donors (Lipinski definition) is 0. The van der Waals surface area contributed by atoms with Gasteiger partial charge < -0.3 is 0 Å². The van der Waals surface area contributed by atoms with Gasteiger partial charge in [0, 0.05) is 0 Å². The first-order valence-electron chi connectivity index (χ1n) is 2.22. The van der Waals surface area contributed by atoms with Crippen LogP contribution in [0.5, 0.6) is 0 Å². The van der Waals surface area contributed by atoms with E-state index in [-0.39, 0.29) is 10.4 Å². The fraction of sp³-hybridized carbons (Fsp3) is 1.00. The largest absolute Gasteiger partial charge is 0.248 e. The molecule has 0 radical (unpaired) electrons. The van der Waals surface area contributed by atoms with Crippen LogP contribution < -0.4 is 0 Å². The summed E-state index contributed by atoms with van der Waals surface area (Å²) < 4.78 is 23.7. The van der Waals surface area contributed by atoms with Crippen LogP contribution in [0, 0.1) is 0 Å². The lowest BCUT2D eigenvalue weighted by molar-refractivity contribution is -0.262. The first-order valence-corrected chi connectivity index (χ1v) is 2.22. The van der Waals surface area contributed by atoms with Crippen LogP contribution in [0.1, 0.15) is 6.92 Å². The number of nitrogens with zero attached hydrogens (tertiary/aromatic N) is 2. The minimum Gasteiger partial charge on any atom is -0.248 e. The molecule has 0 spiro atoms. The lowest BCUT2D eigenvalue weighted by Gasteiger charge is -2.01. The van der Waals surface area contributed by atoms with Crippen molar-refractivity contribution in [1.29, 1.82) is 0 Å². The Morgan fingerprint density at radius 1 is 1.62 bits per heavy atom. The standard InChI is InChI=1S/C3H6F2N2O/c1-3-6(4)2-7(5)8-3/h3H,2H2,1H3. The van der Waals surface area contributed by atoms with E-state index in [1.54, 1.807) is 0 Å². The van der Waals surface area contributed by atoms with Crippen LogP contribution in [0.4, 0.5) is 8.96 Å². The lowest BCUT2D eigenvalue weighted by Crippen LogP contribution is -2.17. The fourth-order valence-electron chi connectivity index (χ4n) is 0.471. The Morgan fingerprint density at radius 2 is 2.25 bits per heavy atom. The maximum atomic E-state index is 12.0. The third kappa shape index (κ3) is 0.936. The number of halogens is 2. The van der Waals surface area contributed by atoms with Gasteiger partial charge in [0.2, 0.25) is 0 Å². The summed E-state index contributed by atoms with van der Waals surface area (Å²) in [5.41, 5.74) is 0. The molecule has 1 rings (SSSR count). The van der Waals surface area contributed by atoms with E-state index < -0.39 is 12.9 Å². The van der Waals surface area contributed by atoms with Crippen molar-refractivity contribution in [1.82, 2.24) is 10.4 Å². The van der Waals surface area contributed by atoms with E-state index in [4.69, 9.17) is 0 Å². The molecule has 48 valence electrons. The number of hydroxylamine groups is 1. The van der Waals surface area contributed by atoms with E-state index >= 15 is 0 Å². The number of rotatable bonds is 0. The Labute approximate surface area is 45.3 Å². The van der Waals surface area contributed by atoms with Crippen molar-refractivity contribution in [2.45, 2.75) is 13.2 Å². The first-order chi connectivity index (χ1) is 3.70. The molecule has 1 heterocycles. The normalized spacial score (nSPS) is 34.1. The predicted octanol–water partition coefficient (Wildman–Crippen LogP) is 0.608. The molecule has 0 bridgehead atoms. The quantitative estimate of drug-likeness (QED) is 0.440. The molecule has 5 heteroatoms. The summed E-state index contributed by atoms with van der Waals surface area (Å²) in [6, 6.07) is 0. The summed E-state index contributed by atoms with van der Waals surface area (Å²) in [6.07, 6.45) is -0.792. The first kappa shape index (κ1) is 5.87. The highest BCUT2D eigenvalue weighted by atomic mass is 19.2. The fourth-order valence-corrected chi connectivity index (χ4v) is 0.471. The summed E-state index contributed by atoms with van der Waals surface area (Å²) in [6.45, 7) is 0.987. The van der Waals surface area contributed by atoms with Gasteiger partial charge in [0.05, 0.1) is 0 Å². The van der Waals surface area contributed by atoms with Crippen LogP contribution in [-0.4, -0.2) is 23.3 Å². The van der Waals surface area contributed by atoms with Crippen LogP contribution in [0.15, 0.2) is 0 Å². The third-order valence-electron chi connectivity index (χ3n) is 0.908.